The van der Waals surface area contributed by atoms with Gasteiger partial charge in [0.2, 0.25) is 0 Å². The number of rotatable bonds is 5. The highest BCUT2D eigenvalue weighted by molar-refractivity contribution is 7.87. The van der Waals surface area contributed by atoms with E-state index in [1.807, 2.05) is 0 Å². The van der Waals surface area contributed by atoms with Gasteiger partial charge in [0.1, 0.15) is 0 Å². The predicted octanol–water partition coefficient (Wildman–Crippen LogP) is 1.30. The summed E-state index contributed by atoms with van der Waals surface area (Å²) in [6.07, 6.45) is 0.771. The maximum Gasteiger partial charge on any atom is 0.306 e. The molecular formula is C14H26N2O4S. The molecule has 0 radical (unpaired) electrons. The summed E-state index contributed by atoms with van der Waals surface area (Å²) in [5.41, 5.74) is 0.289. The second-order valence-electron chi connectivity index (χ2n) is 7.36. The van der Waals surface area contributed by atoms with E-state index in [0.29, 0.717) is 25.3 Å². The summed E-state index contributed by atoms with van der Waals surface area (Å²) in [4.78, 5) is 10.9. The van der Waals surface area contributed by atoms with E-state index in [1.165, 1.54) is 4.31 Å². The van der Waals surface area contributed by atoms with Gasteiger partial charge in [-0.1, -0.05) is 27.7 Å². The zero-order valence-corrected chi connectivity index (χ0v) is 14.0. The molecule has 0 spiro atoms. The number of piperidine rings is 1. The normalized spacial score (nSPS) is 26.7. The molecule has 1 saturated carbocycles. The lowest BCUT2D eigenvalue weighted by Gasteiger charge is -2.29. The molecule has 2 fully saturated rings. The van der Waals surface area contributed by atoms with Gasteiger partial charge in [0.25, 0.3) is 10.2 Å². The molecule has 1 aliphatic heterocycles. The number of carboxylic acid groups (broad SMARTS) is 1. The van der Waals surface area contributed by atoms with Crippen molar-refractivity contribution in [3.63, 3.8) is 0 Å². The Hall–Kier alpha value is -0.660. The fraction of sp³-hybridized carbons (Fsp3) is 0.929. The second kappa shape index (κ2) is 5.21. The summed E-state index contributed by atoms with van der Waals surface area (Å²) in [7, 11) is -3.50. The largest absolute Gasteiger partial charge is 0.481 e. The van der Waals surface area contributed by atoms with Gasteiger partial charge in [0.15, 0.2) is 0 Å². The van der Waals surface area contributed by atoms with Gasteiger partial charge >= 0.3 is 5.97 Å². The molecule has 122 valence electrons. The molecule has 6 nitrogen and oxygen atoms in total. The van der Waals surface area contributed by atoms with Crippen molar-refractivity contribution >= 4 is 16.2 Å². The lowest BCUT2D eigenvalue weighted by Crippen LogP contribution is -2.46. The Morgan fingerprint density at radius 1 is 1.19 bits per heavy atom. The average Bonchev–Trinajstić information content (AvgIpc) is 2.77. The molecule has 2 aliphatic rings. The van der Waals surface area contributed by atoms with Crippen molar-refractivity contribution < 1.29 is 18.3 Å². The molecule has 1 heterocycles. The van der Waals surface area contributed by atoms with Gasteiger partial charge in [-0.2, -0.15) is 12.7 Å². The van der Waals surface area contributed by atoms with Crippen molar-refractivity contribution in [2.45, 2.75) is 40.5 Å². The van der Waals surface area contributed by atoms with E-state index in [-0.39, 0.29) is 23.9 Å². The van der Waals surface area contributed by atoms with Crippen LogP contribution in [-0.4, -0.2) is 43.4 Å². The predicted molar refractivity (Wildman–Crippen MR) is 79.9 cm³/mol. The van der Waals surface area contributed by atoms with E-state index in [2.05, 4.69) is 32.4 Å². The summed E-state index contributed by atoms with van der Waals surface area (Å²) < 4.78 is 28.6. The Labute approximate surface area is 127 Å². The van der Waals surface area contributed by atoms with Gasteiger partial charge in [-0.3, -0.25) is 4.79 Å². The van der Waals surface area contributed by atoms with Crippen LogP contribution >= 0.6 is 0 Å². The number of aliphatic carboxylic acids is 1. The molecule has 0 aromatic rings. The van der Waals surface area contributed by atoms with Crippen molar-refractivity contribution in [2.75, 3.05) is 19.6 Å². The van der Waals surface area contributed by atoms with Crippen LogP contribution in [0.5, 0.6) is 0 Å². The maximum absolute atomic E-state index is 12.3. The molecule has 0 bridgehead atoms. The fourth-order valence-electron chi connectivity index (χ4n) is 3.47. The average molecular weight is 318 g/mol. The van der Waals surface area contributed by atoms with Crippen LogP contribution in [0.3, 0.4) is 0 Å². The molecule has 0 aromatic carbocycles. The number of hydrogen-bond donors (Lipinski definition) is 2. The van der Waals surface area contributed by atoms with E-state index >= 15 is 0 Å². The van der Waals surface area contributed by atoms with E-state index < -0.39 is 22.1 Å². The molecule has 0 aromatic heterocycles. The Morgan fingerprint density at radius 3 is 2.05 bits per heavy atom. The Bertz CT molecular complexity index is 505. The molecule has 0 amide bonds. The lowest BCUT2D eigenvalue weighted by molar-refractivity contribution is -0.142. The summed E-state index contributed by atoms with van der Waals surface area (Å²) in [6, 6.07) is 0. The molecular weight excluding hydrogens is 292 g/mol. The summed E-state index contributed by atoms with van der Waals surface area (Å²) in [6.45, 7) is 9.64. The molecule has 1 aliphatic carbocycles. The van der Waals surface area contributed by atoms with Gasteiger partial charge in [-0.25, -0.2) is 4.72 Å². The van der Waals surface area contributed by atoms with Crippen LogP contribution in [0, 0.1) is 22.7 Å². The highest BCUT2D eigenvalue weighted by Gasteiger charge is 2.64. The SMILES string of the molecule is CC1(C)C(CNS(=O)(=O)N2CCC(C(=O)O)CC2)C1(C)C. The van der Waals surface area contributed by atoms with Crippen LogP contribution in [0.25, 0.3) is 0 Å². The molecule has 21 heavy (non-hydrogen) atoms. The summed E-state index contributed by atoms with van der Waals surface area (Å²) in [5.74, 6) is -0.921. The molecule has 1 saturated heterocycles. The van der Waals surface area contributed by atoms with Crippen LogP contribution in [0.4, 0.5) is 0 Å². The van der Waals surface area contributed by atoms with E-state index in [1.54, 1.807) is 0 Å². The highest BCUT2D eigenvalue weighted by Crippen LogP contribution is 2.67. The summed E-state index contributed by atoms with van der Waals surface area (Å²) in [5, 5.41) is 8.94. The number of carboxylic acids is 1. The Kier molecular flexibility index (Phi) is 4.14. The van der Waals surface area contributed by atoms with Crippen LogP contribution in [0.15, 0.2) is 0 Å². The first-order valence-electron chi connectivity index (χ1n) is 7.47. The van der Waals surface area contributed by atoms with Gasteiger partial charge in [-0.05, 0) is 29.6 Å². The van der Waals surface area contributed by atoms with Crippen LogP contribution in [-0.2, 0) is 15.0 Å². The Balaban J connectivity index is 1.88. The molecule has 0 atom stereocenters. The highest BCUT2D eigenvalue weighted by atomic mass is 32.2. The number of nitrogens with zero attached hydrogens (tertiary/aromatic N) is 1. The molecule has 2 rings (SSSR count). The van der Waals surface area contributed by atoms with Gasteiger partial charge in [0, 0.05) is 19.6 Å². The van der Waals surface area contributed by atoms with Gasteiger partial charge in [0.05, 0.1) is 5.92 Å². The van der Waals surface area contributed by atoms with Crippen molar-refractivity contribution in [1.82, 2.24) is 9.03 Å². The number of nitrogens with one attached hydrogen (secondary N) is 1. The zero-order valence-electron chi connectivity index (χ0n) is 13.2. The quantitative estimate of drug-likeness (QED) is 0.800. The third-order valence-corrected chi connectivity index (χ3v) is 7.51. The third-order valence-electron chi connectivity index (χ3n) is 5.93. The zero-order chi connectivity index (χ0) is 16.1. The van der Waals surface area contributed by atoms with Crippen molar-refractivity contribution in [2.24, 2.45) is 22.7 Å². The van der Waals surface area contributed by atoms with Crippen LogP contribution < -0.4 is 4.72 Å². The first kappa shape index (κ1) is 16.7. The topological polar surface area (TPSA) is 86.7 Å². The molecule has 0 unspecified atom stereocenters. The molecule has 2 N–H and O–H groups in total. The second-order valence-corrected chi connectivity index (χ2v) is 9.12. The van der Waals surface area contributed by atoms with Crippen LogP contribution in [0.1, 0.15) is 40.5 Å². The monoisotopic (exact) mass is 318 g/mol. The van der Waals surface area contributed by atoms with Crippen molar-refractivity contribution in [3.05, 3.63) is 0 Å². The van der Waals surface area contributed by atoms with E-state index in [4.69, 9.17) is 5.11 Å². The van der Waals surface area contributed by atoms with Crippen molar-refractivity contribution in [1.29, 1.82) is 0 Å². The third kappa shape index (κ3) is 2.96. The minimum absolute atomic E-state index is 0.145. The minimum Gasteiger partial charge on any atom is -0.481 e. The van der Waals surface area contributed by atoms with E-state index in [0.717, 1.165) is 0 Å². The minimum atomic E-state index is -3.50. The lowest BCUT2D eigenvalue weighted by atomic mass is 9.99. The fourth-order valence-corrected chi connectivity index (χ4v) is 4.72. The smallest absolute Gasteiger partial charge is 0.306 e. The standard InChI is InChI=1S/C14H26N2O4S/c1-13(2)11(14(13,3)4)9-15-21(19,20)16-7-5-10(6-8-16)12(17)18/h10-11,15H,5-9H2,1-4H3,(H,17,18). The number of hydrogen-bond acceptors (Lipinski definition) is 3. The maximum atomic E-state index is 12.3. The summed E-state index contributed by atoms with van der Waals surface area (Å²) >= 11 is 0. The first-order valence-corrected chi connectivity index (χ1v) is 8.91. The Morgan fingerprint density at radius 2 is 1.67 bits per heavy atom. The van der Waals surface area contributed by atoms with Crippen molar-refractivity contribution in [3.8, 4) is 0 Å². The number of carbonyl (C=O) groups is 1. The van der Waals surface area contributed by atoms with E-state index in [9.17, 15) is 13.2 Å². The van der Waals surface area contributed by atoms with Gasteiger partial charge < -0.3 is 5.11 Å². The first-order chi connectivity index (χ1) is 9.50. The van der Waals surface area contributed by atoms with Crippen LogP contribution in [0.2, 0.25) is 0 Å². The molecule has 7 heteroatoms. The van der Waals surface area contributed by atoms with Gasteiger partial charge in [-0.15, -0.1) is 0 Å².